The maximum Gasteiger partial charge on any atom is 0.307 e. The summed E-state index contributed by atoms with van der Waals surface area (Å²) in [5.41, 5.74) is -2.50. The van der Waals surface area contributed by atoms with Gasteiger partial charge in [-0.15, -0.1) is 0 Å². The highest BCUT2D eigenvalue weighted by Gasteiger charge is 2.57. The van der Waals surface area contributed by atoms with Gasteiger partial charge in [-0.1, -0.05) is 6.07 Å². The number of aromatic nitrogens is 1. The van der Waals surface area contributed by atoms with E-state index in [-0.39, 0.29) is 49.8 Å². The molecule has 3 aliphatic heterocycles. The normalized spacial score (nSPS) is 31.0. The van der Waals surface area contributed by atoms with Gasteiger partial charge in [-0.3, -0.25) is 9.59 Å². The SMILES string of the molecule is CC1(C)C[C@]2(CCO1)OC(=O)C[C@@H]2C(=O)N1CCC(O)(c2cccnc2F)CC1. The van der Waals surface area contributed by atoms with Gasteiger partial charge in [0.25, 0.3) is 0 Å². The Morgan fingerprint density at radius 2 is 2.03 bits per heavy atom. The Morgan fingerprint density at radius 3 is 2.69 bits per heavy atom. The number of carbonyl (C=O) groups excluding carboxylic acids is 2. The highest BCUT2D eigenvalue weighted by molar-refractivity contribution is 5.88. The lowest BCUT2D eigenvalue weighted by Gasteiger charge is -2.45. The Kier molecular flexibility index (Phi) is 4.90. The van der Waals surface area contributed by atoms with Crippen molar-refractivity contribution in [2.75, 3.05) is 19.7 Å². The number of hydrogen-bond donors (Lipinski definition) is 1. The van der Waals surface area contributed by atoms with Gasteiger partial charge in [-0.2, -0.15) is 4.39 Å². The van der Waals surface area contributed by atoms with Crippen LogP contribution in [0.3, 0.4) is 0 Å². The van der Waals surface area contributed by atoms with Crippen LogP contribution in [0.5, 0.6) is 0 Å². The molecule has 3 aliphatic rings. The van der Waals surface area contributed by atoms with Gasteiger partial charge < -0.3 is 19.5 Å². The zero-order chi connectivity index (χ0) is 20.9. The number of hydrogen-bond acceptors (Lipinski definition) is 6. The van der Waals surface area contributed by atoms with Gasteiger partial charge >= 0.3 is 5.97 Å². The van der Waals surface area contributed by atoms with Crippen LogP contribution in [0.1, 0.15) is 51.5 Å². The third-order valence-corrected chi connectivity index (χ3v) is 6.53. The predicted molar refractivity (Wildman–Crippen MR) is 100 cm³/mol. The zero-order valence-electron chi connectivity index (χ0n) is 16.8. The first kappa shape index (κ1) is 20.2. The highest BCUT2D eigenvalue weighted by Crippen LogP contribution is 2.47. The van der Waals surface area contributed by atoms with E-state index >= 15 is 0 Å². The second kappa shape index (κ2) is 7.02. The molecule has 3 fully saturated rings. The molecule has 4 rings (SSSR count). The van der Waals surface area contributed by atoms with Gasteiger partial charge in [-0.05, 0) is 32.8 Å². The molecular weight excluding hydrogens is 379 g/mol. The molecule has 0 unspecified atom stereocenters. The number of piperidine rings is 1. The molecule has 158 valence electrons. The van der Waals surface area contributed by atoms with E-state index in [1.807, 2.05) is 13.8 Å². The Labute approximate surface area is 169 Å². The van der Waals surface area contributed by atoms with Crippen LogP contribution in [0.4, 0.5) is 4.39 Å². The standard InChI is InChI=1S/C21H27FN2O5/c1-19(2)13-21(7-11-28-19)15(12-16(25)29-21)18(26)24-9-5-20(27,6-10-24)14-4-3-8-23-17(14)22/h3-4,8,15,27H,5-7,9-13H2,1-2H3/t15-,21+/m1/s1. The number of esters is 1. The summed E-state index contributed by atoms with van der Waals surface area (Å²) in [4.78, 5) is 30.7. The number of aliphatic hydroxyl groups is 1. The molecule has 0 bridgehead atoms. The Hall–Kier alpha value is -2.06. The number of amides is 1. The van der Waals surface area contributed by atoms with Gasteiger partial charge in [-0.25, -0.2) is 4.98 Å². The van der Waals surface area contributed by atoms with E-state index in [1.54, 1.807) is 11.0 Å². The van der Waals surface area contributed by atoms with Crippen LogP contribution in [0, 0.1) is 11.9 Å². The second-order valence-corrected chi connectivity index (χ2v) is 9.03. The Morgan fingerprint density at radius 1 is 1.31 bits per heavy atom. The van der Waals surface area contributed by atoms with E-state index in [9.17, 15) is 19.1 Å². The van der Waals surface area contributed by atoms with Crippen molar-refractivity contribution in [2.45, 2.75) is 62.8 Å². The second-order valence-electron chi connectivity index (χ2n) is 9.03. The fraction of sp³-hybridized carbons (Fsp3) is 0.667. The molecule has 1 aromatic rings. The molecular formula is C21H27FN2O5. The maximum atomic E-state index is 14.1. The van der Waals surface area contributed by atoms with Crippen molar-refractivity contribution in [3.8, 4) is 0 Å². The van der Waals surface area contributed by atoms with Crippen molar-refractivity contribution in [3.63, 3.8) is 0 Å². The van der Waals surface area contributed by atoms with Crippen molar-refractivity contribution in [2.24, 2.45) is 5.92 Å². The van der Waals surface area contributed by atoms with Crippen molar-refractivity contribution in [1.29, 1.82) is 0 Å². The van der Waals surface area contributed by atoms with Crippen LogP contribution in [-0.4, -0.2) is 57.8 Å². The molecule has 8 heteroatoms. The van der Waals surface area contributed by atoms with Crippen molar-refractivity contribution in [1.82, 2.24) is 9.88 Å². The molecule has 0 aliphatic carbocycles. The van der Waals surface area contributed by atoms with Gasteiger partial charge in [0.15, 0.2) is 0 Å². The Bertz CT molecular complexity index is 821. The largest absolute Gasteiger partial charge is 0.458 e. The zero-order valence-corrected chi connectivity index (χ0v) is 16.8. The predicted octanol–water partition coefficient (Wildman–Crippen LogP) is 1.92. The van der Waals surface area contributed by atoms with Gasteiger partial charge in [0.2, 0.25) is 11.9 Å². The molecule has 1 spiro atoms. The number of halogens is 1. The minimum atomic E-state index is -1.35. The summed E-state index contributed by atoms with van der Waals surface area (Å²) in [5, 5.41) is 10.9. The molecule has 1 N–H and O–H groups in total. The molecule has 1 aromatic heterocycles. The fourth-order valence-electron chi connectivity index (χ4n) is 5.07. The van der Waals surface area contributed by atoms with Gasteiger partial charge in [0.05, 0.1) is 30.1 Å². The minimum absolute atomic E-state index is 0.0624. The van der Waals surface area contributed by atoms with Crippen LogP contribution < -0.4 is 0 Å². The molecule has 3 saturated heterocycles. The van der Waals surface area contributed by atoms with Crippen molar-refractivity contribution >= 4 is 11.9 Å². The van der Waals surface area contributed by atoms with E-state index in [2.05, 4.69) is 4.98 Å². The van der Waals surface area contributed by atoms with Crippen LogP contribution >= 0.6 is 0 Å². The van der Waals surface area contributed by atoms with E-state index in [4.69, 9.17) is 9.47 Å². The van der Waals surface area contributed by atoms with E-state index in [0.717, 1.165) is 0 Å². The summed E-state index contributed by atoms with van der Waals surface area (Å²) in [5.74, 6) is -1.73. The Balaban J connectivity index is 1.49. The summed E-state index contributed by atoms with van der Waals surface area (Å²) < 4.78 is 25.5. The lowest BCUT2D eigenvalue weighted by atomic mass is 9.74. The molecule has 0 saturated carbocycles. The van der Waals surface area contributed by atoms with E-state index < -0.39 is 28.7 Å². The first-order valence-corrected chi connectivity index (χ1v) is 10.1. The van der Waals surface area contributed by atoms with E-state index in [0.29, 0.717) is 19.4 Å². The number of likely N-dealkylation sites (tertiary alicyclic amines) is 1. The maximum absolute atomic E-state index is 14.1. The molecule has 4 heterocycles. The number of ether oxygens (including phenoxy) is 2. The fourth-order valence-corrected chi connectivity index (χ4v) is 5.07. The number of carbonyl (C=O) groups is 2. The topological polar surface area (TPSA) is 89.0 Å². The summed E-state index contributed by atoms with van der Waals surface area (Å²) in [6.07, 6.45) is 2.80. The summed E-state index contributed by atoms with van der Waals surface area (Å²) in [6.45, 7) is 4.87. The van der Waals surface area contributed by atoms with Gasteiger partial charge in [0, 0.05) is 37.7 Å². The molecule has 1 amide bonds. The monoisotopic (exact) mass is 406 g/mol. The molecule has 29 heavy (non-hydrogen) atoms. The molecule has 2 atom stereocenters. The average molecular weight is 406 g/mol. The highest BCUT2D eigenvalue weighted by atomic mass is 19.1. The summed E-state index contributed by atoms with van der Waals surface area (Å²) in [7, 11) is 0. The van der Waals surface area contributed by atoms with Crippen LogP contribution in [0.25, 0.3) is 0 Å². The number of nitrogens with zero attached hydrogens (tertiary/aromatic N) is 2. The van der Waals surface area contributed by atoms with Crippen LogP contribution in [0.2, 0.25) is 0 Å². The van der Waals surface area contributed by atoms with Crippen LogP contribution in [-0.2, 0) is 24.7 Å². The molecule has 0 aromatic carbocycles. The van der Waals surface area contributed by atoms with Crippen molar-refractivity contribution < 1.29 is 28.6 Å². The lowest BCUT2D eigenvalue weighted by Crippen LogP contribution is -2.55. The first-order chi connectivity index (χ1) is 13.6. The molecule has 7 nitrogen and oxygen atoms in total. The minimum Gasteiger partial charge on any atom is -0.458 e. The first-order valence-electron chi connectivity index (χ1n) is 10.1. The van der Waals surface area contributed by atoms with Crippen molar-refractivity contribution in [3.05, 3.63) is 29.8 Å². The molecule has 0 radical (unpaired) electrons. The smallest absolute Gasteiger partial charge is 0.307 e. The summed E-state index contributed by atoms with van der Waals surface area (Å²) >= 11 is 0. The van der Waals surface area contributed by atoms with Crippen LogP contribution in [0.15, 0.2) is 18.3 Å². The van der Waals surface area contributed by atoms with E-state index in [1.165, 1.54) is 12.3 Å². The average Bonchev–Trinajstić information content (AvgIpc) is 2.96. The number of pyridine rings is 1. The van der Waals surface area contributed by atoms with Gasteiger partial charge in [0.1, 0.15) is 5.60 Å². The quantitative estimate of drug-likeness (QED) is 0.596. The third kappa shape index (κ3) is 3.64. The lowest BCUT2D eigenvalue weighted by molar-refractivity contribution is -0.182. The summed E-state index contributed by atoms with van der Waals surface area (Å²) in [6, 6.07) is 3.12. The third-order valence-electron chi connectivity index (χ3n) is 6.53. The number of rotatable bonds is 2.